The standard InChI is InChI=1S/C20H26N2O4S/c1-21(17-18-5-3-2-4-6-18)11-16-26-19-7-9-20(10-8-19)27(23,24)22-12-14-25-15-13-22/h2-10H,11-17H2,1H3. The second-order valence-electron chi connectivity index (χ2n) is 6.56. The van der Waals surface area contributed by atoms with Crippen LogP contribution >= 0.6 is 0 Å². The molecule has 1 heterocycles. The maximum atomic E-state index is 12.6. The Morgan fingerprint density at radius 1 is 1.04 bits per heavy atom. The lowest BCUT2D eigenvalue weighted by atomic mass is 10.2. The van der Waals surface area contributed by atoms with Crippen molar-refractivity contribution in [3.63, 3.8) is 0 Å². The Balaban J connectivity index is 1.49. The number of hydrogen-bond donors (Lipinski definition) is 0. The molecule has 1 fully saturated rings. The fourth-order valence-corrected chi connectivity index (χ4v) is 4.35. The predicted octanol–water partition coefficient (Wildman–Crippen LogP) is 2.22. The third-order valence-corrected chi connectivity index (χ3v) is 6.38. The average Bonchev–Trinajstić information content (AvgIpc) is 2.70. The van der Waals surface area contributed by atoms with Crippen molar-refractivity contribution < 1.29 is 17.9 Å². The van der Waals surface area contributed by atoms with E-state index in [1.165, 1.54) is 9.87 Å². The lowest BCUT2D eigenvalue weighted by Gasteiger charge is -2.26. The van der Waals surface area contributed by atoms with Gasteiger partial charge in [-0.3, -0.25) is 4.90 Å². The smallest absolute Gasteiger partial charge is 0.243 e. The van der Waals surface area contributed by atoms with E-state index in [1.54, 1.807) is 24.3 Å². The van der Waals surface area contributed by atoms with Crippen LogP contribution in [-0.2, 0) is 21.3 Å². The topological polar surface area (TPSA) is 59.1 Å². The molecule has 7 heteroatoms. The van der Waals surface area contributed by atoms with E-state index in [1.807, 2.05) is 25.2 Å². The molecule has 0 saturated carbocycles. The van der Waals surface area contributed by atoms with Crippen molar-refractivity contribution in [1.29, 1.82) is 0 Å². The number of morpholine rings is 1. The van der Waals surface area contributed by atoms with Crippen LogP contribution in [-0.4, -0.2) is 64.1 Å². The van der Waals surface area contributed by atoms with Crippen molar-refractivity contribution in [3.05, 3.63) is 60.2 Å². The van der Waals surface area contributed by atoms with Crippen LogP contribution in [0.2, 0.25) is 0 Å². The molecule has 0 unspecified atom stereocenters. The number of sulfonamides is 1. The Labute approximate surface area is 161 Å². The maximum absolute atomic E-state index is 12.6. The summed E-state index contributed by atoms with van der Waals surface area (Å²) in [6, 6.07) is 16.9. The molecule has 0 spiro atoms. The molecule has 2 aromatic rings. The molecule has 0 atom stereocenters. The molecular weight excluding hydrogens is 364 g/mol. The summed E-state index contributed by atoms with van der Waals surface area (Å²) in [4.78, 5) is 2.48. The van der Waals surface area contributed by atoms with Crippen LogP contribution in [0.5, 0.6) is 5.75 Å². The summed E-state index contributed by atoms with van der Waals surface area (Å²) < 4.78 is 37.6. The van der Waals surface area contributed by atoms with E-state index >= 15 is 0 Å². The molecule has 1 saturated heterocycles. The highest BCUT2D eigenvalue weighted by Gasteiger charge is 2.26. The highest BCUT2D eigenvalue weighted by molar-refractivity contribution is 7.89. The minimum absolute atomic E-state index is 0.290. The molecule has 6 nitrogen and oxygen atoms in total. The normalized spacial score (nSPS) is 15.8. The lowest BCUT2D eigenvalue weighted by Crippen LogP contribution is -2.40. The summed E-state index contributed by atoms with van der Waals surface area (Å²) in [6.07, 6.45) is 0. The van der Waals surface area contributed by atoms with Crippen LogP contribution < -0.4 is 4.74 Å². The van der Waals surface area contributed by atoms with Crippen LogP contribution in [0.25, 0.3) is 0 Å². The Kier molecular flexibility index (Phi) is 6.84. The van der Waals surface area contributed by atoms with Gasteiger partial charge < -0.3 is 9.47 Å². The summed E-state index contributed by atoms with van der Waals surface area (Å²) in [7, 11) is -1.41. The Hall–Kier alpha value is -1.93. The van der Waals surface area contributed by atoms with E-state index in [2.05, 4.69) is 17.0 Å². The van der Waals surface area contributed by atoms with Crippen LogP contribution in [0.1, 0.15) is 5.56 Å². The van der Waals surface area contributed by atoms with Crippen molar-refractivity contribution in [2.24, 2.45) is 0 Å². The fraction of sp³-hybridized carbons (Fsp3) is 0.400. The van der Waals surface area contributed by atoms with E-state index in [0.29, 0.717) is 38.7 Å². The summed E-state index contributed by atoms with van der Waals surface area (Å²) in [5.41, 5.74) is 1.26. The van der Waals surface area contributed by atoms with Crippen molar-refractivity contribution in [1.82, 2.24) is 9.21 Å². The molecule has 1 aliphatic heterocycles. The zero-order valence-electron chi connectivity index (χ0n) is 15.6. The van der Waals surface area contributed by atoms with Gasteiger partial charge in [-0.15, -0.1) is 0 Å². The predicted molar refractivity (Wildman–Crippen MR) is 104 cm³/mol. The van der Waals surface area contributed by atoms with Gasteiger partial charge in [-0.1, -0.05) is 30.3 Å². The average molecular weight is 391 g/mol. The maximum Gasteiger partial charge on any atom is 0.243 e. The zero-order valence-corrected chi connectivity index (χ0v) is 16.4. The Morgan fingerprint density at radius 2 is 1.70 bits per heavy atom. The van der Waals surface area contributed by atoms with E-state index in [-0.39, 0.29) is 4.90 Å². The molecule has 1 aliphatic rings. The first-order valence-electron chi connectivity index (χ1n) is 9.09. The number of nitrogens with zero attached hydrogens (tertiary/aromatic N) is 2. The molecule has 27 heavy (non-hydrogen) atoms. The molecule has 0 N–H and O–H groups in total. The van der Waals surface area contributed by atoms with Gasteiger partial charge in [0, 0.05) is 26.2 Å². The molecule has 0 bridgehead atoms. The zero-order chi connectivity index (χ0) is 19.1. The Morgan fingerprint density at radius 3 is 2.37 bits per heavy atom. The SMILES string of the molecule is CN(CCOc1ccc(S(=O)(=O)N2CCOCC2)cc1)Cc1ccccc1. The largest absolute Gasteiger partial charge is 0.492 e. The van der Waals surface area contributed by atoms with Crippen molar-refractivity contribution in [3.8, 4) is 5.75 Å². The van der Waals surface area contributed by atoms with Gasteiger partial charge in [-0.05, 0) is 36.9 Å². The lowest BCUT2D eigenvalue weighted by molar-refractivity contribution is 0.0730. The second-order valence-corrected chi connectivity index (χ2v) is 8.50. The number of benzene rings is 2. The van der Waals surface area contributed by atoms with Crippen molar-refractivity contribution in [2.75, 3.05) is 46.5 Å². The highest BCUT2D eigenvalue weighted by atomic mass is 32.2. The summed E-state index contributed by atoms with van der Waals surface area (Å²) in [5.74, 6) is 0.670. The highest BCUT2D eigenvalue weighted by Crippen LogP contribution is 2.20. The quantitative estimate of drug-likeness (QED) is 0.692. The first-order chi connectivity index (χ1) is 13.1. The number of rotatable bonds is 8. The third kappa shape index (κ3) is 5.52. The van der Waals surface area contributed by atoms with Gasteiger partial charge in [0.15, 0.2) is 0 Å². The Bertz CT molecular complexity index is 804. The van der Waals surface area contributed by atoms with E-state index in [0.717, 1.165) is 13.1 Å². The van der Waals surface area contributed by atoms with Gasteiger partial charge >= 0.3 is 0 Å². The molecular formula is C20H26N2O4S. The molecule has 2 aromatic carbocycles. The summed E-state index contributed by atoms with van der Waals surface area (Å²) in [5, 5.41) is 0. The molecule has 0 amide bonds. The number of likely N-dealkylation sites (N-methyl/N-ethyl adjacent to an activating group) is 1. The van der Waals surface area contributed by atoms with Crippen molar-refractivity contribution >= 4 is 10.0 Å². The minimum atomic E-state index is -3.46. The molecule has 0 radical (unpaired) electrons. The summed E-state index contributed by atoms with van der Waals surface area (Å²) >= 11 is 0. The molecule has 3 rings (SSSR count). The minimum Gasteiger partial charge on any atom is -0.492 e. The number of ether oxygens (including phenoxy) is 2. The first-order valence-corrected chi connectivity index (χ1v) is 10.5. The van der Waals surface area contributed by atoms with E-state index < -0.39 is 10.0 Å². The van der Waals surface area contributed by atoms with Gasteiger partial charge in [0.2, 0.25) is 10.0 Å². The van der Waals surface area contributed by atoms with Crippen LogP contribution in [0.15, 0.2) is 59.5 Å². The molecule has 146 valence electrons. The van der Waals surface area contributed by atoms with Gasteiger partial charge in [-0.25, -0.2) is 8.42 Å². The fourth-order valence-electron chi connectivity index (χ4n) is 2.94. The van der Waals surface area contributed by atoms with Crippen LogP contribution in [0.3, 0.4) is 0 Å². The van der Waals surface area contributed by atoms with Crippen molar-refractivity contribution in [2.45, 2.75) is 11.4 Å². The van der Waals surface area contributed by atoms with Gasteiger partial charge in [-0.2, -0.15) is 4.31 Å². The first kappa shape index (κ1) is 19.8. The van der Waals surface area contributed by atoms with Gasteiger partial charge in [0.25, 0.3) is 0 Å². The van der Waals surface area contributed by atoms with E-state index in [9.17, 15) is 8.42 Å². The van der Waals surface area contributed by atoms with Gasteiger partial charge in [0.05, 0.1) is 18.1 Å². The molecule has 0 aliphatic carbocycles. The van der Waals surface area contributed by atoms with E-state index in [4.69, 9.17) is 9.47 Å². The third-order valence-electron chi connectivity index (χ3n) is 4.47. The van der Waals surface area contributed by atoms with Crippen LogP contribution in [0.4, 0.5) is 0 Å². The number of hydrogen-bond acceptors (Lipinski definition) is 5. The molecule has 0 aromatic heterocycles. The van der Waals surface area contributed by atoms with Crippen LogP contribution in [0, 0.1) is 0 Å². The monoisotopic (exact) mass is 390 g/mol. The van der Waals surface area contributed by atoms with Gasteiger partial charge in [0.1, 0.15) is 12.4 Å². The summed E-state index contributed by atoms with van der Waals surface area (Å²) in [6.45, 7) is 3.86. The second kappa shape index (κ2) is 9.32.